The number of hydrogen-bond donors (Lipinski definition) is 2. The first-order valence-electron chi connectivity index (χ1n) is 9.97. The molecule has 0 aromatic heterocycles. The standard InChI is InChI=1S/C21H29BO5S/c1-4-15(11-16-5-8-17(23)9-6-16)7-10-19-21-18(14(2)3)13-28(25,26)20(21)12-22(24)27-19/h5-6,8-9,11,14,19-20,23-24H,4,7,10,12-13H2,1-3H3/b15-11+/t19-,20+/m1/s1. The van der Waals surface area contributed by atoms with E-state index in [1.807, 2.05) is 26.0 Å². The van der Waals surface area contributed by atoms with Gasteiger partial charge in [0.1, 0.15) is 5.75 Å². The predicted octanol–water partition coefficient (Wildman–Crippen LogP) is 3.59. The van der Waals surface area contributed by atoms with E-state index in [2.05, 4.69) is 13.0 Å². The average Bonchev–Trinajstić information content (AvgIpc) is 2.91. The number of hydrogen-bond acceptors (Lipinski definition) is 5. The Morgan fingerprint density at radius 1 is 1.32 bits per heavy atom. The van der Waals surface area contributed by atoms with Gasteiger partial charge in [-0.05, 0) is 54.0 Å². The van der Waals surface area contributed by atoms with Crippen LogP contribution in [-0.2, 0) is 14.5 Å². The fourth-order valence-corrected chi connectivity index (χ4v) is 6.47. The summed E-state index contributed by atoms with van der Waals surface area (Å²) in [6, 6.07) is 7.05. The van der Waals surface area contributed by atoms with E-state index in [1.165, 1.54) is 5.57 Å². The van der Waals surface area contributed by atoms with Crippen molar-refractivity contribution in [2.45, 2.75) is 57.7 Å². The van der Waals surface area contributed by atoms with E-state index in [9.17, 15) is 18.5 Å². The van der Waals surface area contributed by atoms with Gasteiger partial charge in [-0.15, -0.1) is 0 Å². The van der Waals surface area contributed by atoms with Crippen LogP contribution in [0.5, 0.6) is 5.75 Å². The second-order valence-electron chi connectivity index (χ2n) is 8.03. The highest BCUT2D eigenvalue weighted by atomic mass is 32.2. The van der Waals surface area contributed by atoms with Crippen LogP contribution in [-0.4, -0.2) is 42.8 Å². The van der Waals surface area contributed by atoms with E-state index in [0.29, 0.717) is 6.42 Å². The van der Waals surface area contributed by atoms with Crippen LogP contribution in [0.3, 0.4) is 0 Å². The highest BCUT2D eigenvalue weighted by molar-refractivity contribution is 7.92. The maximum atomic E-state index is 12.6. The summed E-state index contributed by atoms with van der Waals surface area (Å²) in [6.07, 6.45) is 4.14. The molecule has 5 nitrogen and oxygen atoms in total. The predicted molar refractivity (Wildman–Crippen MR) is 113 cm³/mol. The van der Waals surface area contributed by atoms with E-state index in [1.54, 1.807) is 12.1 Å². The van der Waals surface area contributed by atoms with Crippen LogP contribution < -0.4 is 0 Å². The highest BCUT2D eigenvalue weighted by Crippen LogP contribution is 2.41. The Bertz CT molecular complexity index is 871. The zero-order chi connectivity index (χ0) is 20.5. The number of rotatable bonds is 6. The third-order valence-electron chi connectivity index (χ3n) is 5.73. The van der Waals surface area contributed by atoms with Crippen molar-refractivity contribution in [2.24, 2.45) is 5.92 Å². The van der Waals surface area contributed by atoms with E-state index >= 15 is 0 Å². The van der Waals surface area contributed by atoms with Crippen LogP contribution in [0.4, 0.5) is 0 Å². The second kappa shape index (κ2) is 8.43. The van der Waals surface area contributed by atoms with Gasteiger partial charge in [0.05, 0.1) is 17.1 Å². The molecular formula is C21H29BO5S. The van der Waals surface area contributed by atoms with Gasteiger partial charge in [0, 0.05) is 6.32 Å². The van der Waals surface area contributed by atoms with Crippen LogP contribution in [0.1, 0.15) is 45.6 Å². The molecule has 1 aromatic rings. The number of benzene rings is 1. The van der Waals surface area contributed by atoms with Crippen molar-refractivity contribution >= 4 is 23.0 Å². The van der Waals surface area contributed by atoms with Crippen molar-refractivity contribution in [3.63, 3.8) is 0 Å². The van der Waals surface area contributed by atoms with Gasteiger partial charge in [-0.3, -0.25) is 0 Å². The minimum atomic E-state index is -3.26. The molecule has 0 spiro atoms. The molecule has 2 aliphatic heterocycles. The number of aromatic hydroxyl groups is 1. The second-order valence-corrected chi connectivity index (χ2v) is 10.2. The van der Waals surface area contributed by atoms with Gasteiger partial charge in [-0.1, -0.05) is 44.6 Å². The van der Waals surface area contributed by atoms with Crippen molar-refractivity contribution in [3.8, 4) is 5.75 Å². The fourth-order valence-electron chi connectivity index (χ4n) is 4.19. The molecule has 2 atom stereocenters. The Labute approximate surface area is 168 Å². The van der Waals surface area contributed by atoms with E-state index in [-0.39, 0.29) is 29.8 Å². The summed E-state index contributed by atoms with van der Waals surface area (Å²) < 4.78 is 31.1. The zero-order valence-electron chi connectivity index (χ0n) is 16.8. The van der Waals surface area contributed by atoms with Crippen LogP contribution in [0, 0.1) is 5.92 Å². The van der Waals surface area contributed by atoms with E-state index < -0.39 is 22.2 Å². The lowest BCUT2D eigenvalue weighted by molar-refractivity contribution is 0.169. The monoisotopic (exact) mass is 404 g/mol. The van der Waals surface area contributed by atoms with Gasteiger partial charge < -0.3 is 14.8 Å². The summed E-state index contributed by atoms with van der Waals surface area (Å²) >= 11 is 0. The van der Waals surface area contributed by atoms with Gasteiger partial charge in [-0.25, -0.2) is 8.42 Å². The summed E-state index contributed by atoms with van der Waals surface area (Å²) in [7, 11) is -4.29. The summed E-state index contributed by atoms with van der Waals surface area (Å²) in [5, 5.41) is 18.9. The van der Waals surface area contributed by atoms with Gasteiger partial charge >= 0.3 is 7.12 Å². The number of allylic oxidation sites excluding steroid dienone is 1. The normalized spacial score (nSPS) is 24.8. The Morgan fingerprint density at radius 3 is 2.61 bits per heavy atom. The SMILES string of the molecule is CC/C(=C\c1ccc(O)cc1)CC[C@H]1OB(O)C[C@H]2C1=C(C(C)C)CS2(=O)=O. The lowest BCUT2D eigenvalue weighted by Crippen LogP contribution is -2.42. The maximum Gasteiger partial charge on any atom is 0.456 e. The van der Waals surface area contributed by atoms with Crippen LogP contribution in [0.15, 0.2) is 41.0 Å². The zero-order valence-corrected chi connectivity index (χ0v) is 17.6. The Balaban J connectivity index is 1.81. The van der Waals surface area contributed by atoms with Crippen LogP contribution >= 0.6 is 0 Å². The van der Waals surface area contributed by atoms with Crippen molar-refractivity contribution in [2.75, 3.05) is 5.75 Å². The third kappa shape index (κ3) is 4.53. The molecule has 0 bridgehead atoms. The molecule has 28 heavy (non-hydrogen) atoms. The van der Waals surface area contributed by atoms with E-state index in [0.717, 1.165) is 29.6 Å². The maximum absolute atomic E-state index is 12.6. The summed E-state index contributed by atoms with van der Waals surface area (Å²) in [5.41, 5.74) is 4.09. The molecule has 152 valence electrons. The highest BCUT2D eigenvalue weighted by Gasteiger charge is 2.48. The first-order chi connectivity index (χ1) is 13.2. The van der Waals surface area contributed by atoms with Crippen molar-refractivity contribution < 1.29 is 23.2 Å². The molecule has 1 fully saturated rings. The number of phenols is 1. The molecule has 0 saturated carbocycles. The molecule has 7 heteroatoms. The fraction of sp³-hybridized carbons (Fsp3) is 0.524. The van der Waals surface area contributed by atoms with Crippen LogP contribution in [0.25, 0.3) is 6.08 Å². The summed E-state index contributed by atoms with van der Waals surface area (Å²) in [5.74, 6) is 0.469. The van der Waals surface area contributed by atoms with Crippen molar-refractivity contribution in [3.05, 3.63) is 46.5 Å². The Hall–Kier alpha value is -1.57. The van der Waals surface area contributed by atoms with Gasteiger partial charge in [-0.2, -0.15) is 0 Å². The molecule has 1 saturated heterocycles. The third-order valence-corrected chi connectivity index (χ3v) is 7.76. The topological polar surface area (TPSA) is 83.8 Å². The molecule has 1 aromatic carbocycles. The quantitative estimate of drug-likeness (QED) is 0.559. The van der Waals surface area contributed by atoms with E-state index in [4.69, 9.17) is 4.65 Å². The summed E-state index contributed by atoms with van der Waals surface area (Å²) in [6.45, 7) is 6.12. The molecule has 3 rings (SSSR count). The number of phenolic OH excluding ortho intramolecular Hbond substituents is 1. The first kappa shape index (κ1) is 21.2. The molecular weight excluding hydrogens is 375 g/mol. The van der Waals surface area contributed by atoms with Crippen LogP contribution in [0.2, 0.25) is 6.32 Å². The molecule has 0 radical (unpaired) electrons. The molecule has 0 aliphatic carbocycles. The van der Waals surface area contributed by atoms with Crippen molar-refractivity contribution in [1.29, 1.82) is 0 Å². The number of sulfone groups is 1. The molecule has 2 heterocycles. The van der Waals surface area contributed by atoms with Gasteiger partial charge in [0.2, 0.25) is 0 Å². The molecule has 2 aliphatic rings. The molecule has 0 amide bonds. The Morgan fingerprint density at radius 2 is 2.00 bits per heavy atom. The molecule has 2 N–H and O–H groups in total. The lowest BCUT2D eigenvalue weighted by atomic mass is 9.74. The average molecular weight is 404 g/mol. The first-order valence-corrected chi connectivity index (χ1v) is 11.7. The van der Waals surface area contributed by atoms with Gasteiger partial charge in [0.25, 0.3) is 0 Å². The smallest absolute Gasteiger partial charge is 0.456 e. The molecule has 0 unspecified atom stereocenters. The van der Waals surface area contributed by atoms with Gasteiger partial charge in [0.15, 0.2) is 9.84 Å². The largest absolute Gasteiger partial charge is 0.508 e. The minimum absolute atomic E-state index is 0.0846. The lowest BCUT2D eigenvalue weighted by Gasteiger charge is -2.32. The number of fused-ring (bicyclic) bond motifs is 1. The summed E-state index contributed by atoms with van der Waals surface area (Å²) in [4.78, 5) is 0. The van der Waals surface area contributed by atoms with Crippen molar-refractivity contribution in [1.82, 2.24) is 0 Å². The minimum Gasteiger partial charge on any atom is -0.508 e. The Kier molecular flexibility index (Phi) is 6.37.